The van der Waals surface area contributed by atoms with Crippen molar-refractivity contribution in [1.82, 2.24) is 0 Å². The fraction of sp³-hybridized carbons (Fsp3) is 0.600. The first-order chi connectivity index (χ1) is 8.45. The molecular formula is C15H24N2O. The Kier molecular flexibility index (Phi) is 3.53. The first-order valence-corrected chi connectivity index (χ1v) is 6.63. The lowest BCUT2D eigenvalue weighted by molar-refractivity contribution is 0.413. The van der Waals surface area contributed by atoms with Crippen molar-refractivity contribution in [1.29, 1.82) is 0 Å². The summed E-state index contributed by atoms with van der Waals surface area (Å²) in [6.45, 7) is 5.28. The van der Waals surface area contributed by atoms with Gasteiger partial charge in [0.25, 0.3) is 0 Å². The molecule has 0 atom stereocenters. The molecule has 1 aliphatic carbocycles. The second-order valence-electron chi connectivity index (χ2n) is 5.80. The molecule has 0 aromatic heterocycles. The highest BCUT2D eigenvalue weighted by Crippen LogP contribution is 2.37. The van der Waals surface area contributed by atoms with Crippen molar-refractivity contribution in [2.45, 2.75) is 38.1 Å². The Morgan fingerprint density at radius 1 is 1.39 bits per heavy atom. The average molecular weight is 248 g/mol. The topological polar surface area (TPSA) is 38.5 Å². The summed E-state index contributed by atoms with van der Waals surface area (Å²) in [6, 6.07) is 6.45. The molecule has 2 rings (SSSR count). The van der Waals surface area contributed by atoms with Gasteiger partial charge in [0.05, 0.1) is 12.8 Å². The number of hydrogen-bond acceptors (Lipinski definition) is 3. The first-order valence-electron chi connectivity index (χ1n) is 6.63. The van der Waals surface area contributed by atoms with E-state index in [-0.39, 0.29) is 5.54 Å². The summed E-state index contributed by atoms with van der Waals surface area (Å²) in [5.74, 6) is 1.45. The summed E-state index contributed by atoms with van der Waals surface area (Å²) in [7, 11) is 3.81. The summed E-state index contributed by atoms with van der Waals surface area (Å²) in [5.41, 5.74) is 8.62. The number of hydrogen-bond donors (Lipinski definition) is 1. The molecule has 0 unspecified atom stereocenters. The lowest BCUT2D eigenvalue weighted by Crippen LogP contribution is -2.37. The lowest BCUT2D eigenvalue weighted by atomic mass is 10.0. The number of nitrogens with two attached hydrogens (primary N) is 1. The van der Waals surface area contributed by atoms with Gasteiger partial charge in [0.2, 0.25) is 0 Å². The standard InChI is InChI=1S/C15H24N2O/c1-11(2)12-5-6-13(14(9-12)18-4)17(3)10-15(16)7-8-15/h5-6,9,11H,7-8,10,16H2,1-4H3. The molecule has 0 radical (unpaired) electrons. The normalized spacial score (nSPS) is 16.8. The van der Waals surface area contributed by atoms with Gasteiger partial charge in [0, 0.05) is 19.1 Å². The molecule has 0 amide bonds. The zero-order valence-corrected chi connectivity index (χ0v) is 11.9. The van der Waals surface area contributed by atoms with Crippen molar-refractivity contribution >= 4 is 5.69 Å². The molecule has 0 heterocycles. The minimum Gasteiger partial charge on any atom is -0.495 e. The molecule has 1 aromatic rings. The van der Waals surface area contributed by atoms with Gasteiger partial charge in [-0.05, 0) is 36.5 Å². The quantitative estimate of drug-likeness (QED) is 0.870. The van der Waals surface area contributed by atoms with Crippen LogP contribution >= 0.6 is 0 Å². The van der Waals surface area contributed by atoms with Crippen molar-refractivity contribution in [3.05, 3.63) is 23.8 Å². The van der Waals surface area contributed by atoms with Crippen LogP contribution in [0.5, 0.6) is 5.75 Å². The van der Waals surface area contributed by atoms with Gasteiger partial charge in [-0.15, -0.1) is 0 Å². The van der Waals surface area contributed by atoms with Gasteiger partial charge in [0.15, 0.2) is 0 Å². The molecule has 1 fully saturated rings. The van der Waals surface area contributed by atoms with Crippen molar-refractivity contribution in [2.24, 2.45) is 5.73 Å². The molecule has 1 aliphatic rings. The number of methoxy groups -OCH3 is 1. The van der Waals surface area contributed by atoms with Gasteiger partial charge in [-0.1, -0.05) is 19.9 Å². The van der Waals surface area contributed by atoms with E-state index in [9.17, 15) is 0 Å². The molecule has 0 bridgehead atoms. The Morgan fingerprint density at radius 2 is 2.06 bits per heavy atom. The van der Waals surface area contributed by atoms with Crippen molar-refractivity contribution in [3.63, 3.8) is 0 Å². The third-order valence-electron chi connectivity index (χ3n) is 3.73. The van der Waals surface area contributed by atoms with E-state index in [0.717, 1.165) is 30.8 Å². The van der Waals surface area contributed by atoms with E-state index in [1.165, 1.54) is 5.56 Å². The van der Waals surface area contributed by atoms with Crippen LogP contribution in [-0.2, 0) is 0 Å². The Morgan fingerprint density at radius 3 is 2.56 bits per heavy atom. The Balaban J connectivity index is 2.20. The van der Waals surface area contributed by atoms with Crippen LogP contribution in [0.3, 0.4) is 0 Å². The summed E-state index contributed by atoms with van der Waals surface area (Å²) >= 11 is 0. The first kappa shape index (κ1) is 13.2. The predicted octanol–water partition coefficient (Wildman–Crippen LogP) is 2.75. The van der Waals surface area contributed by atoms with Crippen LogP contribution in [0.15, 0.2) is 18.2 Å². The maximum Gasteiger partial charge on any atom is 0.142 e. The zero-order valence-electron chi connectivity index (χ0n) is 11.9. The second kappa shape index (κ2) is 4.81. The molecule has 3 nitrogen and oxygen atoms in total. The van der Waals surface area contributed by atoms with Crippen molar-refractivity contribution in [3.8, 4) is 5.75 Å². The van der Waals surface area contributed by atoms with Gasteiger partial charge >= 0.3 is 0 Å². The van der Waals surface area contributed by atoms with Crippen LogP contribution in [0, 0.1) is 0 Å². The van der Waals surface area contributed by atoms with Gasteiger partial charge in [0.1, 0.15) is 5.75 Å². The fourth-order valence-corrected chi connectivity index (χ4v) is 2.24. The molecule has 18 heavy (non-hydrogen) atoms. The van der Waals surface area contributed by atoms with Gasteiger partial charge in [-0.3, -0.25) is 0 Å². The van der Waals surface area contributed by atoms with E-state index in [1.54, 1.807) is 7.11 Å². The average Bonchev–Trinajstić information content (AvgIpc) is 3.05. The molecule has 0 saturated heterocycles. The van der Waals surface area contributed by atoms with E-state index in [4.69, 9.17) is 10.5 Å². The highest BCUT2D eigenvalue weighted by molar-refractivity contribution is 5.60. The number of likely N-dealkylation sites (N-methyl/N-ethyl adjacent to an activating group) is 1. The monoisotopic (exact) mass is 248 g/mol. The Labute approximate surface area is 110 Å². The molecule has 2 N–H and O–H groups in total. The Hall–Kier alpha value is -1.22. The SMILES string of the molecule is COc1cc(C(C)C)ccc1N(C)CC1(N)CC1. The molecular weight excluding hydrogens is 224 g/mol. The van der Waals surface area contributed by atoms with Crippen LogP contribution in [-0.4, -0.2) is 26.2 Å². The fourth-order valence-electron chi connectivity index (χ4n) is 2.24. The molecule has 3 heteroatoms. The Bertz CT molecular complexity index is 425. The van der Waals surface area contributed by atoms with Crippen LogP contribution in [0.1, 0.15) is 38.2 Å². The molecule has 1 aromatic carbocycles. The summed E-state index contributed by atoms with van der Waals surface area (Å²) < 4.78 is 5.51. The van der Waals surface area contributed by atoms with Crippen LogP contribution in [0.4, 0.5) is 5.69 Å². The maximum absolute atomic E-state index is 6.17. The van der Waals surface area contributed by atoms with E-state index in [1.807, 2.05) is 0 Å². The summed E-state index contributed by atoms with van der Waals surface area (Å²) in [5, 5.41) is 0. The lowest BCUT2D eigenvalue weighted by Gasteiger charge is -2.25. The molecule has 100 valence electrons. The van der Waals surface area contributed by atoms with Crippen molar-refractivity contribution < 1.29 is 4.74 Å². The van der Waals surface area contributed by atoms with Crippen LogP contribution < -0.4 is 15.4 Å². The second-order valence-corrected chi connectivity index (χ2v) is 5.80. The number of nitrogens with zero attached hydrogens (tertiary/aromatic N) is 1. The van der Waals surface area contributed by atoms with Crippen LogP contribution in [0.25, 0.3) is 0 Å². The number of benzene rings is 1. The zero-order chi connectivity index (χ0) is 13.3. The van der Waals surface area contributed by atoms with Crippen molar-refractivity contribution in [2.75, 3.05) is 25.6 Å². The molecule has 0 aliphatic heterocycles. The number of ether oxygens (including phenoxy) is 1. The largest absolute Gasteiger partial charge is 0.495 e. The van der Waals surface area contributed by atoms with E-state index >= 15 is 0 Å². The van der Waals surface area contributed by atoms with Gasteiger partial charge < -0.3 is 15.4 Å². The molecule has 1 saturated carbocycles. The summed E-state index contributed by atoms with van der Waals surface area (Å²) in [6.07, 6.45) is 2.26. The highest BCUT2D eigenvalue weighted by atomic mass is 16.5. The van der Waals surface area contributed by atoms with Gasteiger partial charge in [-0.25, -0.2) is 0 Å². The number of rotatable bonds is 5. The smallest absolute Gasteiger partial charge is 0.142 e. The minimum atomic E-state index is 0.0243. The highest BCUT2D eigenvalue weighted by Gasteiger charge is 2.39. The van der Waals surface area contributed by atoms with E-state index in [0.29, 0.717) is 5.92 Å². The number of anilines is 1. The van der Waals surface area contributed by atoms with E-state index in [2.05, 4.69) is 44.0 Å². The molecule has 0 spiro atoms. The summed E-state index contributed by atoms with van der Waals surface area (Å²) in [4.78, 5) is 2.20. The third-order valence-corrected chi connectivity index (χ3v) is 3.73. The third kappa shape index (κ3) is 2.78. The predicted molar refractivity (Wildman–Crippen MR) is 76.5 cm³/mol. The minimum absolute atomic E-state index is 0.0243. The van der Waals surface area contributed by atoms with E-state index < -0.39 is 0 Å². The maximum atomic E-state index is 6.17. The van der Waals surface area contributed by atoms with Crippen LogP contribution in [0.2, 0.25) is 0 Å². The van der Waals surface area contributed by atoms with Gasteiger partial charge in [-0.2, -0.15) is 0 Å².